The number of aromatic nitrogens is 1. The third kappa shape index (κ3) is 3.97. The number of nitrogens with zero attached hydrogens (tertiary/aromatic N) is 3. The molecule has 0 saturated carbocycles. The van der Waals surface area contributed by atoms with Gasteiger partial charge in [0.15, 0.2) is 0 Å². The molecular formula is C14H23N5O3. The van der Waals surface area contributed by atoms with Gasteiger partial charge in [0.2, 0.25) is 11.8 Å². The van der Waals surface area contributed by atoms with Crippen molar-refractivity contribution in [2.75, 3.05) is 38.0 Å². The molecule has 1 atom stereocenters. The zero-order valence-corrected chi connectivity index (χ0v) is 13.3. The van der Waals surface area contributed by atoms with E-state index in [-0.39, 0.29) is 18.0 Å². The third-order valence-corrected chi connectivity index (χ3v) is 3.73. The van der Waals surface area contributed by atoms with E-state index in [1.54, 1.807) is 17.9 Å². The summed E-state index contributed by atoms with van der Waals surface area (Å²) in [5, 5.41) is 9.23. The molecule has 1 aromatic rings. The van der Waals surface area contributed by atoms with E-state index < -0.39 is 0 Å². The number of aryl methyl sites for hydroxylation is 1. The van der Waals surface area contributed by atoms with Crippen LogP contribution >= 0.6 is 0 Å². The number of carbonyl (C=O) groups is 2. The highest BCUT2D eigenvalue weighted by Crippen LogP contribution is 2.12. The SMILES string of the molecule is CCNC(=O)N1CCN(C(C)C(=O)Nc2cc(C)no2)CC1. The Balaban J connectivity index is 1.82. The molecule has 0 aromatic carbocycles. The zero-order chi connectivity index (χ0) is 16.1. The maximum absolute atomic E-state index is 12.2. The number of hydrogen-bond donors (Lipinski definition) is 2. The smallest absolute Gasteiger partial charge is 0.317 e. The van der Waals surface area contributed by atoms with Crippen LogP contribution in [-0.2, 0) is 4.79 Å². The molecule has 1 aromatic heterocycles. The highest BCUT2D eigenvalue weighted by Gasteiger charge is 2.27. The van der Waals surface area contributed by atoms with E-state index in [4.69, 9.17) is 4.52 Å². The molecular weight excluding hydrogens is 286 g/mol. The number of amides is 3. The highest BCUT2D eigenvalue weighted by molar-refractivity contribution is 5.93. The number of nitrogens with one attached hydrogen (secondary N) is 2. The van der Waals surface area contributed by atoms with Crippen LogP contribution < -0.4 is 10.6 Å². The van der Waals surface area contributed by atoms with Gasteiger partial charge in [-0.1, -0.05) is 5.16 Å². The predicted octanol–water partition coefficient (Wildman–Crippen LogP) is 0.657. The molecule has 0 aliphatic carbocycles. The summed E-state index contributed by atoms with van der Waals surface area (Å²) < 4.78 is 4.99. The van der Waals surface area contributed by atoms with Crippen molar-refractivity contribution in [2.45, 2.75) is 26.8 Å². The van der Waals surface area contributed by atoms with Gasteiger partial charge in [0, 0.05) is 38.8 Å². The summed E-state index contributed by atoms with van der Waals surface area (Å²) in [6.07, 6.45) is 0. The molecule has 2 rings (SSSR count). The van der Waals surface area contributed by atoms with E-state index in [0.717, 1.165) is 5.69 Å². The van der Waals surface area contributed by atoms with E-state index in [1.165, 1.54) is 0 Å². The van der Waals surface area contributed by atoms with Crippen LogP contribution in [0.4, 0.5) is 10.7 Å². The second-order valence-electron chi connectivity index (χ2n) is 5.36. The number of urea groups is 1. The molecule has 3 amide bonds. The largest absolute Gasteiger partial charge is 0.338 e. The molecule has 0 bridgehead atoms. The second-order valence-corrected chi connectivity index (χ2v) is 5.36. The fourth-order valence-electron chi connectivity index (χ4n) is 2.39. The van der Waals surface area contributed by atoms with Gasteiger partial charge >= 0.3 is 6.03 Å². The minimum atomic E-state index is -0.290. The van der Waals surface area contributed by atoms with Crippen molar-refractivity contribution in [3.05, 3.63) is 11.8 Å². The molecule has 0 spiro atoms. The summed E-state index contributed by atoms with van der Waals surface area (Å²) in [6, 6.07) is 1.34. The number of hydrogen-bond acceptors (Lipinski definition) is 5. The summed E-state index contributed by atoms with van der Waals surface area (Å²) in [5.74, 6) is 0.220. The molecule has 2 N–H and O–H groups in total. The first kappa shape index (κ1) is 16.3. The van der Waals surface area contributed by atoms with E-state index in [2.05, 4.69) is 15.8 Å². The lowest BCUT2D eigenvalue weighted by atomic mass is 10.2. The molecule has 8 heteroatoms. The Morgan fingerprint density at radius 1 is 1.36 bits per heavy atom. The van der Waals surface area contributed by atoms with Crippen LogP contribution in [0.15, 0.2) is 10.6 Å². The zero-order valence-electron chi connectivity index (χ0n) is 13.3. The quantitative estimate of drug-likeness (QED) is 0.852. The molecule has 1 aliphatic rings. The van der Waals surface area contributed by atoms with Crippen molar-refractivity contribution in [3.63, 3.8) is 0 Å². The second kappa shape index (κ2) is 7.26. The normalized spacial score (nSPS) is 17.1. The minimum Gasteiger partial charge on any atom is -0.338 e. The van der Waals surface area contributed by atoms with Gasteiger partial charge in [0.25, 0.3) is 0 Å². The summed E-state index contributed by atoms with van der Waals surface area (Å²) in [5.41, 5.74) is 0.721. The van der Waals surface area contributed by atoms with Crippen LogP contribution in [0.1, 0.15) is 19.5 Å². The summed E-state index contributed by atoms with van der Waals surface area (Å²) in [7, 11) is 0. The lowest BCUT2D eigenvalue weighted by Crippen LogP contribution is -2.55. The Kier molecular flexibility index (Phi) is 5.37. The topological polar surface area (TPSA) is 90.7 Å². The van der Waals surface area contributed by atoms with Crippen LogP contribution in [0, 0.1) is 6.92 Å². The summed E-state index contributed by atoms with van der Waals surface area (Å²) in [4.78, 5) is 27.8. The number of piperazine rings is 1. The van der Waals surface area contributed by atoms with Gasteiger partial charge in [-0.15, -0.1) is 0 Å². The lowest BCUT2D eigenvalue weighted by Gasteiger charge is -2.37. The van der Waals surface area contributed by atoms with Gasteiger partial charge in [0.05, 0.1) is 11.7 Å². The average Bonchev–Trinajstić information content (AvgIpc) is 2.92. The fraction of sp³-hybridized carbons (Fsp3) is 0.643. The Bertz CT molecular complexity index is 522. The maximum atomic E-state index is 12.2. The Morgan fingerprint density at radius 3 is 2.59 bits per heavy atom. The van der Waals surface area contributed by atoms with E-state index >= 15 is 0 Å². The molecule has 1 unspecified atom stereocenters. The number of rotatable bonds is 4. The Hall–Kier alpha value is -2.09. The Labute approximate surface area is 129 Å². The van der Waals surface area contributed by atoms with E-state index in [0.29, 0.717) is 38.6 Å². The molecule has 2 heterocycles. The van der Waals surface area contributed by atoms with Gasteiger partial charge in [-0.3, -0.25) is 15.0 Å². The summed E-state index contributed by atoms with van der Waals surface area (Å²) >= 11 is 0. The molecule has 1 aliphatic heterocycles. The van der Waals surface area contributed by atoms with Gasteiger partial charge in [-0.05, 0) is 20.8 Å². The molecule has 1 fully saturated rings. The molecule has 22 heavy (non-hydrogen) atoms. The van der Waals surface area contributed by atoms with E-state index in [9.17, 15) is 9.59 Å². The number of carbonyl (C=O) groups excluding carboxylic acids is 2. The highest BCUT2D eigenvalue weighted by atomic mass is 16.5. The van der Waals surface area contributed by atoms with Gasteiger partial charge in [0.1, 0.15) is 0 Å². The fourth-order valence-corrected chi connectivity index (χ4v) is 2.39. The van der Waals surface area contributed by atoms with Crippen molar-refractivity contribution in [1.82, 2.24) is 20.3 Å². The van der Waals surface area contributed by atoms with Crippen LogP contribution in [0.3, 0.4) is 0 Å². The van der Waals surface area contributed by atoms with Crippen LogP contribution in [0.5, 0.6) is 0 Å². The van der Waals surface area contributed by atoms with Gasteiger partial charge < -0.3 is 14.7 Å². The van der Waals surface area contributed by atoms with Crippen molar-refractivity contribution in [2.24, 2.45) is 0 Å². The standard InChI is InChI=1S/C14H23N5O3/c1-4-15-14(21)19-7-5-18(6-8-19)11(3)13(20)16-12-9-10(2)17-22-12/h9,11H,4-8H2,1-3H3,(H,15,21)(H,16,20). The van der Waals surface area contributed by atoms with Crippen molar-refractivity contribution in [1.29, 1.82) is 0 Å². The average molecular weight is 309 g/mol. The summed E-state index contributed by atoms with van der Waals surface area (Å²) in [6.45, 7) is 8.72. The van der Waals surface area contributed by atoms with Crippen LogP contribution in [0.2, 0.25) is 0 Å². The molecule has 8 nitrogen and oxygen atoms in total. The van der Waals surface area contributed by atoms with Crippen LogP contribution in [-0.4, -0.2) is 65.7 Å². The van der Waals surface area contributed by atoms with Crippen molar-refractivity contribution >= 4 is 17.8 Å². The van der Waals surface area contributed by atoms with Crippen molar-refractivity contribution in [3.8, 4) is 0 Å². The Morgan fingerprint density at radius 2 is 2.05 bits per heavy atom. The molecule has 1 saturated heterocycles. The van der Waals surface area contributed by atoms with Gasteiger partial charge in [-0.2, -0.15) is 0 Å². The maximum Gasteiger partial charge on any atom is 0.317 e. The predicted molar refractivity (Wildman–Crippen MR) is 81.6 cm³/mol. The molecule has 0 radical (unpaired) electrons. The first-order valence-electron chi connectivity index (χ1n) is 7.52. The molecule has 122 valence electrons. The lowest BCUT2D eigenvalue weighted by molar-refractivity contribution is -0.121. The first-order chi connectivity index (χ1) is 10.5. The third-order valence-electron chi connectivity index (χ3n) is 3.73. The minimum absolute atomic E-state index is 0.0450. The van der Waals surface area contributed by atoms with Crippen LogP contribution in [0.25, 0.3) is 0 Å². The van der Waals surface area contributed by atoms with Crippen molar-refractivity contribution < 1.29 is 14.1 Å². The monoisotopic (exact) mass is 309 g/mol. The first-order valence-corrected chi connectivity index (χ1v) is 7.52. The van der Waals surface area contributed by atoms with E-state index in [1.807, 2.05) is 18.7 Å². The van der Waals surface area contributed by atoms with Gasteiger partial charge in [-0.25, -0.2) is 4.79 Å². The number of anilines is 1.